The Bertz CT molecular complexity index is 1100. The zero-order valence-electron chi connectivity index (χ0n) is 20.9. The van der Waals surface area contributed by atoms with E-state index in [1.54, 1.807) is 36.2 Å². The fraction of sp³-hybridized carbons (Fsp3) is 0.565. The Morgan fingerprint density at radius 2 is 1.42 bits per heavy atom. The second-order valence-corrected chi connectivity index (χ2v) is 10.9. The Balaban J connectivity index is 1.52. The second-order valence-electron chi connectivity index (χ2n) is 9.10. The van der Waals surface area contributed by atoms with Crippen molar-refractivity contribution in [3.05, 3.63) is 24.0 Å². The van der Waals surface area contributed by atoms with Crippen LogP contribution in [-0.2, 0) is 31.0 Å². The molecule has 0 aliphatic carbocycles. The minimum atomic E-state index is -1.45. The highest BCUT2D eigenvalue weighted by molar-refractivity contribution is 8.00. The first kappa shape index (κ1) is 29.4. The molecule has 0 saturated carbocycles. The zero-order chi connectivity index (χ0) is 28.0. The van der Waals surface area contributed by atoms with Crippen molar-refractivity contribution in [2.75, 3.05) is 36.6 Å². The maximum Gasteiger partial charge on any atom is 0.268 e. The number of carbonyl (C=O) groups is 6. The minimum absolute atomic E-state index is 0.00745. The normalized spacial score (nSPS) is 22.8. The average molecular weight is 568 g/mol. The van der Waals surface area contributed by atoms with Crippen LogP contribution in [0, 0.1) is 0 Å². The maximum absolute atomic E-state index is 12.8. The van der Waals surface area contributed by atoms with E-state index in [0.29, 0.717) is 5.69 Å². The van der Waals surface area contributed by atoms with Crippen LogP contribution in [0.25, 0.3) is 0 Å². The largest absolute Gasteiger partial charge is 0.548 e. The Morgan fingerprint density at radius 3 is 1.87 bits per heavy atom. The molecule has 2 N–H and O–H groups in total. The van der Waals surface area contributed by atoms with Crippen LogP contribution in [0.4, 0.5) is 0 Å². The third kappa shape index (κ3) is 7.22. The molecule has 3 heterocycles. The molecule has 4 amide bonds. The first-order chi connectivity index (χ1) is 18.0. The summed E-state index contributed by atoms with van der Waals surface area (Å²) in [5.74, 6) is -4.87. The number of hydrogen-bond acceptors (Lipinski definition) is 10. The van der Waals surface area contributed by atoms with Gasteiger partial charge in [0.2, 0.25) is 17.7 Å². The molecule has 2 saturated heterocycles. The fourth-order valence-electron chi connectivity index (χ4n) is 4.63. The van der Waals surface area contributed by atoms with E-state index in [9.17, 15) is 39.0 Å². The summed E-state index contributed by atoms with van der Waals surface area (Å²) < 4.78 is 1.61. The summed E-state index contributed by atoms with van der Waals surface area (Å²) in [6.07, 6.45) is 3.46. The summed E-state index contributed by atoms with van der Waals surface area (Å²) >= 11 is 2.23. The topological polar surface area (TPSA) is 184 Å². The molecule has 0 bridgehead atoms. The smallest absolute Gasteiger partial charge is 0.268 e. The van der Waals surface area contributed by atoms with Gasteiger partial charge in [-0.1, -0.05) is 0 Å². The van der Waals surface area contributed by atoms with Crippen LogP contribution in [0.15, 0.2) is 18.3 Å². The molecule has 38 heavy (non-hydrogen) atoms. The molecule has 208 valence electrons. The van der Waals surface area contributed by atoms with E-state index < -0.39 is 53.8 Å². The van der Waals surface area contributed by atoms with Crippen LogP contribution >= 0.6 is 23.5 Å². The van der Waals surface area contributed by atoms with E-state index in [-0.39, 0.29) is 49.1 Å². The average Bonchev–Trinajstić information content (AvgIpc) is 3.57. The second kappa shape index (κ2) is 13.0. The minimum Gasteiger partial charge on any atom is -0.548 e. The molecule has 2 fully saturated rings. The van der Waals surface area contributed by atoms with Gasteiger partial charge in [-0.3, -0.25) is 19.2 Å². The molecule has 0 aromatic carbocycles. The van der Waals surface area contributed by atoms with Crippen molar-refractivity contribution >= 4 is 59.1 Å². The van der Waals surface area contributed by atoms with Crippen LogP contribution < -0.4 is 20.8 Å². The van der Waals surface area contributed by atoms with Gasteiger partial charge in [-0.15, -0.1) is 11.8 Å². The Kier molecular flexibility index (Phi) is 10.1. The highest BCUT2D eigenvalue weighted by atomic mass is 32.2. The molecule has 0 unspecified atom stereocenters. The van der Waals surface area contributed by atoms with Gasteiger partial charge < -0.3 is 44.8 Å². The number of hydrogen-bond donors (Lipinski definition) is 2. The number of aryl methyl sites for hydroxylation is 1. The number of aromatic nitrogens is 1. The molecule has 2 aliphatic heterocycles. The van der Waals surface area contributed by atoms with E-state index in [2.05, 4.69) is 10.6 Å². The number of thioether (sulfide) groups is 2. The van der Waals surface area contributed by atoms with Crippen LogP contribution in [0.5, 0.6) is 0 Å². The summed E-state index contributed by atoms with van der Waals surface area (Å²) in [7, 11) is 1.70. The van der Waals surface area contributed by atoms with Crippen molar-refractivity contribution in [1.82, 2.24) is 25.0 Å². The molecular formula is C23H29N5O8S2-2. The van der Waals surface area contributed by atoms with Crippen molar-refractivity contribution in [2.45, 2.75) is 37.0 Å². The van der Waals surface area contributed by atoms with Gasteiger partial charge in [0.15, 0.2) is 0 Å². The molecule has 15 heteroatoms. The summed E-state index contributed by atoms with van der Waals surface area (Å²) in [5, 5.41) is 28.6. The number of rotatable bonds is 11. The quantitative estimate of drug-likeness (QED) is 0.271. The molecule has 4 atom stereocenters. The highest BCUT2D eigenvalue weighted by Gasteiger charge is 2.38. The van der Waals surface area contributed by atoms with Gasteiger partial charge in [0.25, 0.3) is 5.91 Å². The number of likely N-dealkylation sites (tertiary alicyclic amines) is 2. The summed E-state index contributed by atoms with van der Waals surface area (Å²) in [5.41, 5.74) is 0.386. The first-order valence-corrected chi connectivity index (χ1v) is 14.4. The lowest BCUT2D eigenvalue weighted by Crippen LogP contribution is -2.48. The Morgan fingerprint density at radius 1 is 0.895 bits per heavy atom. The van der Waals surface area contributed by atoms with Crippen LogP contribution in [0.2, 0.25) is 0 Å². The number of nitrogens with zero attached hydrogens (tertiary/aromatic N) is 3. The molecular weight excluding hydrogens is 538 g/mol. The predicted octanol–water partition coefficient (Wildman–Crippen LogP) is -3.59. The number of carbonyl (C=O) groups excluding carboxylic acids is 6. The van der Waals surface area contributed by atoms with Crippen molar-refractivity contribution in [3.8, 4) is 0 Å². The van der Waals surface area contributed by atoms with Gasteiger partial charge >= 0.3 is 0 Å². The standard InChI is InChI=1S/C23H31N5O8S2/c1-26-5-3-4-15(26)21(32)25-14-7-17(23(35)36)28(9-14)20(31)12-38-11-19(30)27-8-13(6-16(27)22(33)34)24-18(29)10-37-2/h3-5,13-14,16-17H,6-12H2,1-2H3,(H,24,29)(H,25,32)(H,33,34)(H,35,36)/p-2/t13-,14-,16-,17-/m0/s1. The van der Waals surface area contributed by atoms with E-state index in [1.807, 2.05) is 0 Å². The lowest BCUT2D eigenvalue weighted by Gasteiger charge is -2.26. The lowest BCUT2D eigenvalue weighted by atomic mass is 10.1. The van der Waals surface area contributed by atoms with Gasteiger partial charge in [0.1, 0.15) is 5.69 Å². The molecule has 0 radical (unpaired) electrons. The third-order valence-electron chi connectivity index (χ3n) is 6.39. The van der Waals surface area contributed by atoms with Crippen molar-refractivity contribution in [2.24, 2.45) is 7.05 Å². The van der Waals surface area contributed by atoms with Crippen LogP contribution in [0.1, 0.15) is 23.3 Å². The van der Waals surface area contributed by atoms with Crippen molar-refractivity contribution < 1.29 is 39.0 Å². The van der Waals surface area contributed by atoms with Crippen LogP contribution in [0.3, 0.4) is 0 Å². The number of aliphatic carboxylic acids is 2. The van der Waals surface area contributed by atoms with Crippen molar-refractivity contribution in [3.63, 3.8) is 0 Å². The molecule has 2 aliphatic rings. The summed E-state index contributed by atoms with van der Waals surface area (Å²) in [6.45, 7) is -0.0219. The first-order valence-electron chi connectivity index (χ1n) is 11.8. The van der Waals surface area contributed by atoms with Crippen LogP contribution in [-0.4, -0.2) is 111 Å². The number of amides is 4. The Hall–Kier alpha value is -3.20. The highest BCUT2D eigenvalue weighted by Crippen LogP contribution is 2.22. The van der Waals surface area contributed by atoms with Gasteiger partial charge in [-0.2, -0.15) is 11.8 Å². The van der Waals surface area contributed by atoms with E-state index in [0.717, 1.165) is 21.6 Å². The lowest BCUT2D eigenvalue weighted by molar-refractivity contribution is -0.311. The van der Waals surface area contributed by atoms with E-state index in [1.165, 1.54) is 11.8 Å². The monoisotopic (exact) mass is 567 g/mol. The number of carboxylic acid groups (broad SMARTS) is 2. The van der Waals surface area contributed by atoms with Gasteiger partial charge in [-0.05, 0) is 31.2 Å². The molecule has 13 nitrogen and oxygen atoms in total. The zero-order valence-corrected chi connectivity index (χ0v) is 22.5. The summed E-state index contributed by atoms with van der Waals surface area (Å²) in [4.78, 5) is 75.3. The predicted molar refractivity (Wildman–Crippen MR) is 135 cm³/mol. The Labute approximate surface area is 227 Å². The molecule has 3 rings (SSSR count). The van der Waals surface area contributed by atoms with E-state index in [4.69, 9.17) is 0 Å². The molecule has 1 aromatic heterocycles. The van der Waals surface area contributed by atoms with Gasteiger partial charge in [0.05, 0.1) is 41.3 Å². The number of nitrogens with one attached hydrogen (secondary N) is 2. The number of carboxylic acids is 2. The summed E-state index contributed by atoms with van der Waals surface area (Å²) in [6, 6.07) is -0.242. The maximum atomic E-state index is 12.8. The fourth-order valence-corrected chi connectivity index (χ4v) is 5.76. The molecule has 0 spiro atoms. The van der Waals surface area contributed by atoms with E-state index >= 15 is 0 Å². The van der Waals surface area contributed by atoms with Gasteiger partial charge in [0, 0.05) is 38.4 Å². The van der Waals surface area contributed by atoms with Gasteiger partial charge in [-0.25, -0.2) is 0 Å². The molecule has 1 aromatic rings. The SMILES string of the molecule is CSCC(=O)N[C@H]1C[C@@H](C(=O)[O-])N(C(=O)CSCC(=O)N2C[C@@H](NC(=O)c3cccn3C)C[C@H]2C(=O)[O-])C1. The third-order valence-corrected chi connectivity index (χ3v) is 7.84. The van der Waals surface area contributed by atoms with Crippen molar-refractivity contribution in [1.29, 1.82) is 0 Å².